The fourth-order valence-corrected chi connectivity index (χ4v) is 1.78. The molecule has 1 saturated carbocycles. The average Bonchev–Trinajstić information content (AvgIpc) is 3.09. The van der Waals surface area contributed by atoms with Gasteiger partial charge in [-0.3, -0.25) is 4.79 Å². The smallest absolute Gasteiger partial charge is 0.254 e. The first-order valence-electron chi connectivity index (χ1n) is 5.65. The standard InChI is InChI=1S/C12H15FN2O/c1-2-7-15(10-3-4-10)12(16)9-5-6-14-11(13)8-9/h5-6,8,10H,2-4,7H2,1H3. The summed E-state index contributed by atoms with van der Waals surface area (Å²) >= 11 is 0. The first-order chi connectivity index (χ1) is 7.72. The number of pyridine rings is 1. The Morgan fingerprint density at radius 2 is 2.38 bits per heavy atom. The van der Waals surface area contributed by atoms with Gasteiger partial charge in [0.05, 0.1) is 0 Å². The number of nitrogens with zero attached hydrogens (tertiary/aromatic N) is 2. The van der Waals surface area contributed by atoms with Crippen LogP contribution in [0.4, 0.5) is 4.39 Å². The SMILES string of the molecule is CCCN(C(=O)c1ccnc(F)c1)C1CC1. The van der Waals surface area contributed by atoms with E-state index < -0.39 is 5.95 Å². The summed E-state index contributed by atoms with van der Waals surface area (Å²) in [6.45, 7) is 2.78. The van der Waals surface area contributed by atoms with Crippen molar-refractivity contribution in [3.05, 3.63) is 29.8 Å². The maximum atomic E-state index is 12.9. The highest BCUT2D eigenvalue weighted by Crippen LogP contribution is 2.28. The van der Waals surface area contributed by atoms with Gasteiger partial charge in [0, 0.05) is 30.4 Å². The molecule has 0 unspecified atom stereocenters. The second-order valence-corrected chi connectivity index (χ2v) is 4.10. The number of carbonyl (C=O) groups is 1. The average molecular weight is 222 g/mol. The van der Waals surface area contributed by atoms with Crippen molar-refractivity contribution in [3.8, 4) is 0 Å². The fourth-order valence-electron chi connectivity index (χ4n) is 1.78. The predicted octanol–water partition coefficient (Wildman–Crippen LogP) is 2.24. The molecule has 0 aromatic carbocycles. The number of hydrogen-bond donors (Lipinski definition) is 0. The monoisotopic (exact) mass is 222 g/mol. The van der Waals surface area contributed by atoms with Crippen LogP contribution < -0.4 is 0 Å². The zero-order chi connectivity index (χ0) is 11.5. The highest BCUT2D eigenvalue weighted by atomic mass is 19.1. The summed E-state index contributed by atoms with van der Waals surface area (Å²) in [6, 6.07) is 3.13. The molecule has 16 heavy (non-hydrogen) atoms. The molecule has 1 fully saturated rings. The van der Waals surface area contributed by atoms with Crippen molar-refractivity contribution >= 4 is 5.91 Å². The largest absolute Gasteiger partial charge is 0.336 e. The van der Waals surface area contributed by atoms with Crippen LogP contribution in [0.2, 0.25) is 0 Å². The van der Waals surface area contributed by atoms with Crippen LogP contribution in [0.25, 0.3) is 0 Å². The minimum atomic E-state index is -0.599. The molecule has 86 valence electrons. The van der Waals surface area contributed by atoms with Gasteiger partial charge < -0.3 is 4.90 Å². The van der Waals surface area contributed by atoms with Gasteiger partial charge in [0.15, 0.2) is 0 Å². The predicted molar refractivity (Wildman–Crippen MR) is 58.5 cm³/mol. The zero-order valence-electron chi connectivity index (χ0n) is 9.32. The van der Waals surface area contributed by atoms with Crippen molar-refractivity contribution in [3.63, 3.8) is 0 Å². The molecule has 3 nitrogen and oxygen atoms in total. The van der Waals surface area contributed by atoms with E-state index in [4.69, 9.17) is 0 Å². The van der Waals surface area contributed by atoms with Crippen molar-refractivity contribution in [1.29, 1.82) is 0 Å². The van der Waals surface area contributed by atoms with Crippen LogP contribution in [0.15, 0.2) is 18.3 Å². The number of amides is 1. The van der Waals surface area contributed by atoms with E-state index in [2.05, 4.69) is 4.98 Å². The zero-order valence-corrected chi connectivity index (χ0v) is 9.32. The molecular weight excluding hydrogens is 207 g/mol. The Morgan fingerprint density at radius 1 is 1.62 bits per heavy atom. The molecular formula is C12H15FN2O. The molecule has 1 aromatic heterocycles. The molecule has 0 atom stereocenters. The van der Waals surface area contributed by atoms with Crippen LogP contribution in [0, 0.1) is 5.95 Å². The van der Waals surface area contributed by atoms with E-state index >= 15 is 0 Å². The Balaban J connectivity index is 2.15. The third-order valence-corrected chi connectivity index (χ3v) is 2.69. The van der Waals surface area contributed by atoms with E-state index in [1.54, 1.807) is 6.07 Å². The maximum Gasteiger partial charge on any atom is 0.254 e. The Hall–Kier alpha value is -1.45. The molecule has 1 aliphatic carbocycles. The molecule has 1 aliphatic rings. The van der Waals surface area contributed by atoms with Crippen LogP contribution in [-0.2, 0) is 0 Å². The lowest BCUT2D eigenvalue weighted by Gasteiger charge is -2.21. The number of carbonyl (C=O) groups excluding carboxylic acids is 1. The van der Waals surface area contributed by atoms with E-state index in [1.165, 1.54) is 12.3 Å². The summed E-state index contributed by atoms with van der Waals surface area (Å²) in [5, 5.41) is 0. The van der Waals surface area contributed by atoms with Crippen LogP contribution in [0.5, 0.6) is 0 Å². The lowest BCUT2D eigenvalue weighted by molar-refractivity contribution is 0.0742. The van der Waals surface area contributed by atoms with E-state index in [-0.39, 0.29) is 5.91 Å². The molecule has 0 saturated heterocycles. The first-order valence-corrected chi connectivity index (χ1v) is 5.65. The maximum absolute atomic E-state index is 12.9. The van der Waals surface area contributed by atoms with Crippen molar-refractivity contribution in [2.75, 3.05) is 6.54 Å². The normalized spacial score (nSPS) is 14.9. The molecule has 1 aromatic rings. The van der Waals surface area contributed by atoms with Gasteiger partial charge in [-0.15, -0.1) is 0 Å². The Kier molecular flexibility index (Phi) is 3.17. The van der Waals surface area contributed by atoms with Gasteiger partial charge in [0.2, 0.25) is 5.95 Å². The highest BCUT2D eigenvalue weighted by Gasteiger charge is 2.32. The summed E-state index contributed by atoms with van der Waals surface area (Å²) in [7, 11) is 0. The highest BCUT2D eigenvalue weighted by molar-refractivity contribution is 5.94. The molecule has 0 aliphatic heterocycles. The summed E-state index contributed by atoms with van der Waals surface area (Å²) < 4.78 is 12.9. The van der Waals surface area contributed by atoms with Crippen molar-refractivity contribution in [2.45, 2.75) is 32.2 Å². The van der Waals surface area contributed by atoms with Gasteiger partial charge in [-0.1, -0.05) is 6.92 Å². The van der Waals surface area contributed by atoms with Crippen LogP contribution >= 0.6 is 0 Å². The number of hydrogen-bond acceptors (Lipinski definition) is 2. The molecule has 1 amide bonds. The van der Waals surface area contributed by atoms with Gasteiger partial charge in [-0.25, -0.2) is 4.98 Å². The van der Waals surface area contributed by atoms with Crippen molar-refractivity contribution < 1.29 is 9.18 Å². The van der Waals surface area contributed by atoms with E-state index in [1.807, 2.05) is 11.8 Å². The second-order valence-electron chi connectivity index (χ2n) is 4.10. The Bertz CT molecular complexity index is 390. The molecule has 0 radical (unpaired) electrons. The van der Waals surface area contributed by atoms with Crippen LogP contribution in [-0.4, -0.2) is 28.4 Å². The Morgan fingerprint density at radius 3 is 2.94 bits per heavy atom. The molecule has 0 spiro atoms. The topological polar surface area (TPSA) is 33.2 Å². The lowest BCUT2D eigenvalue weighted by Crippen LogP contribution is -2.33. The van der Waals surface area contributed by atoms with Gasteiger partial charge in [-0.2, -0.15) is 4.39 Å². The van der Waals surface area contributed by atoms with E-state index in [9.17, 15) is 9.18 Å². The number of aromatic nitrogens is 1. The first kappa shape index (κ1) is 11.0. The van der Waals surface area contributed by atoms with Gasteiger partial charge in [-0.05, 0) is 25.3 Å². The lowest BCUT2D eigenvalue weighted by atomic mass is 10.2. The summed E-state index contributed by atoms with van der Waals surface area (Å²) in [5.41, 5.74) is 0.396. The quantitative estimate of drug-likeness (QED) is 0.732. The molecule has 4 heteroatoms. The summed E-state index contributed by atoms with van der Waals surface area (Å²) in [4.78, 5) is 17.4. The summed E-state index contributed by atoms with van der Waals surface area (Å²) in [5.74, 6) is -0.677. The minimum absolute atomic E-state index is 0.0781. The molecule has 2 rings (SSSR count). The third-order valence-electron chi connectivity index (χ3n) is 2.69. The van der Waals surface area contributed by atoms with Gasteiger partial charge in [0.25, 0.3) is 5.91 Å². The summed E-state index contributed by atoms with van der Waals surface area (Å²) in [6.07, 6.45) is 4.40. The second kappa shape index (κ2) is 4.60. The van der Waals surface area contributed by atoms with E-state index in [0.717, 1.165) is 25.8 Å². The van der Waals surface area contributed by atoms with Gasteiger partial charge >= 0.3 is 0 Å². The van der Waals surface area contributed by atoms with Crippen LogP contribution in [0.1, 0.15) is 36.5 Å². The minimum Gasteiger partial charge on any atom is -0.336 e. The molecule has 1 heterocycles. The number of halogens is 1. The molecule has 0 bridgehead atoms. The Labute approximate surface area is 94.3 Å². The fraction of sp³-hybridized carbons (Fsp3) is 0.500. The molecule has 0 N–H and O–H groups in total. The van der Waals surface area contributed by atoms with E-state index in [0.29, 0.717) is 11.6 Å². The van der Waals surface area contributed by atoms with Crippen LogP contribution in [0.3, 0.4) is 0 Å². The number of rotatable bonds is 4. The van der Waals surface area contributed by atoms with Gasteiger partial charge in [0.1, 0.15) is 0 Å². The van der Waals surface area contributed by atoms with Crippen molar-refractivity contribution in [2.24, 2.45) is 0 Å². The van der Waals surface area contributed by atoms with Crippen molar-refractivity contribution in [1.82, 2.24) is 9.88 Å². The third kappa shape index (κ3) is 2.38.